The zero-order valence-corrected chi connectivity index (χ0v) is 6.71. The lowest BCUT2D eigenvalue weighted by molar-refractivity contribution is 0.0288. The number of anilines is 1. The van der Waals surface area contributed by atoms with E-state index >= 15 is 0 Å². The number of hydrogen-bond donors (Lipinski definition) is 2. The summed E-state index contributed by atoms with van der Waals surface area (Å²) < 4.78 is 0. The molecule has 60 valence electrons. The summed E-state index contributed by atoms with van der Waals surface area (Å²) in [5, 5.41) is 17.8. The zero-order valence-electron chi connectivity index (χ0n) is 5.95. The molecule has 1 aromatic rings. The Bertz CT molecular complexity index is 263. The molecule has 0 amide bonds. The lowest BCUT2D eigenvalue weighted by atomic mass is 10.2. The summed E-state index contributed by atoms with van der Waals surface area (Å²) in [6, 6.07) is 4.86. The molecular formula is C7H8ClNO2. The maximum absolute atomic E-state index is 8.66. The molecule has 4 heteroatoms. The van der Waals surface area contributed by atoms with Gasteiger partial charge >= 0.3 is 0 Å². The summed E-state index contributed by atoms with van der Waals surface area (Å²) in [5.41, 5.74) is 1.04. The molecule has 0 aliphatic rings. The second-order valence-electron chi connectivity index (χ2n) is 2.22. The van der Waals surface area contributed by atoms with E-state index in [9.17, 15) is 0 Å². The number of hydrogen-bond acceptors (Lipinski definition) is 3. The number of halogens is 1. The van der Waals surface area contributed by atoms with Crippen molar-refractivity contribution < 1.29 is 10.4 Å². The number of benzene rings is 1. The average Bonchev–Trinajstić information content (AvgIpc) is 1.94. The van der Waals surface area contributed by atoms with Gasteiger partial charge in [0.05, 0.1) is 5.69 Å². The summed E-state index contributed by atoms with van der Waals surface area (Å²) in [7, 11) is 0. The molecule has 2 N–H and O–H groups in total. The molecule has 1 aromatic carbocycles. The Morgan fingerprint density at radius 2 is 2.00 bits per heavy atom. The third-order valence-corrected chi connectivity index (χ3v) is 1.62. The number of rotatable bonds is 1. The second kappa shape index (κ2) is 3.09. The third-order valence-electron chi connectivity index (χ3n) is 1.39. The van der Waals surface area contributed by atoms with Crippen molar-refractivity contribution in [2.75, 3.05) is 5.23 Å². The van der Waals surface area contributed by atoms with Crippen LogP contribution in [0.15, 0.2) is 18.2 Å². The fraction of sp³-hybridized carbons (Fsp3) is 0.143. The van der Waals surface area contributed by atoms with Crippen molar-refractivity contribution in [3.05, 3.63) is 28.8 Å². The van der Waals surface area contributed by atoms with Gasteiger partial charge in [0.1, 0.15) is 0 Å². The summed E-state index contributed by atoms with van der Waals surface area (Å²) >= 11 is 5.61. The van der Waals surface area contributed by atoms with Gasteiger partial charge in [-0.15, -0.1) is 5.23 Å². The van der Waals surface area contributed by atoms with Gasteiger partial charge in [-0.25, -0.2) is 0 Å². The van der Waals surface area contributed by atoms with Gasteiger partial charge in [-0.2, -0.15) is 0 Å². The summed E-state index contributed by atoms with van der Waals surface area (Å²) in [6.07, 6.45) is 0. The lowest BCUT2D eigenvalue weighted by Gasteiger charge is -2.10. The molecular weight excluding hydrogens is 166 g/mol. The van der Waals surface area contributed by atoms with Crippen molar-refractivity contribution in [1.82, 2.24) is 0 Å². The van der Waals surface area contributed by atoms with Gasteiger partial charge in [0.2, 0.25) is 0 Å². The first-order valence-corrected chi connectivity index (χ1v) is 3.43. The molecule has 0 saturated carbocycles. The highest BCUT2D eigenvalue weighted by Crippen LogP contribution is 2.21. The molecule has 0 fully saturated rings. The molecule has 0 radical (unpaired) electrons. The first kappa shape index (κ1) is 8.33. The Labute approximate surface area is 69.4 Å². The van der Waals surface area contributed by atoms with Gasteiger partial charge in [-0.3, -0.25) is 10.4 Å². The molecule has 3 nitrogen and oxygen atoms in total. The van der Waals surface area contributed by atoms with Crippen molar-refractivity contribution in [3.8, 4) is 0 Å². The van der Waals surface area contributed by atoms with E-state index < -0.39 is 0 Å². The van der Waals surface area contributed by atoms with Crippen molar-refractivity contribution in [3.63, 3.8) is 0 Å². The van der Waals surface area contributed by atoms with Gasteiger partial charge in [0, 0.05) is 5.02 Å². The van der Waals surface area contributed by atoms with Crippen molar-refractivity contribution >= 4 is 17.3 Å². The van der Waals surface area contributed by atoms with Gasteiger partial charge in [0.15, 0.2) is 0 Å². The minimum absolute atomic E-state index is 0.0568. The smallest absolute Gasteiger partial charge is 0.0986 e. The largest absolute Gasteiger partial charge is 0.264 e. The predicted octanol–water partition coefficient (Wildman–Crippen LogP) is 2.23. The zero-order chi connectivity index (χ0) is 8.43. The molecule has 0 unspecified atom stereocenters. The standard InChI is InChI=1S/C7H8ClNO2/c1-5-2-3-6(8)4-7(5)9(10)11/h2-4,10-11H,1H3. The third kappa shape index (κ3) is 1.83. The van der Waals surface area contributed by atoms with Gasteiger partial charge in [-0.1, -0.05) is 17.7 Å². The SMILES string of the molecule is Cc1ccc(Cl)cc1N(O)O. The summed E-state index contributed by atoms with van der Waals surface area (Å²) in [4.78, 5) is 0. The van der Waals surface area contributed by atoms with Crippen LogP contribution in [0, 0.1) is 6.92 Å². The fourth-order valence-electron chi connectivity index (χ4n) is 0.798. The van der Waals surface area contributed by atoms with Crippen molar-refractivity contribution in [2.24, 2.45) is 0 Å². The minimum atomic E-state index is 0.0568. The van der Waals surface area contributed by atoms with Crippen LogP contribution < -0.4 is 5.23 Å². The van der Waals surface area contributed by atoms with Crippen LogP contribution in [0.5, 0.6) is 0 Å². The summed E-state index contributed by atoms with van der Waals surface area (Å²) in [5.74, 6) is 0. The minimum Gasteiger partial charge on any atom is -0.264 e. The average molecular weight is 174 g/mol. The van der Waals surface area contributed by atoms with E-state index in [1.165, 1.54) is 6.07 Å². The molecule has 0 bridgehead atoms. The Morgan fingerprint density at radius 1 is 1.36 bits per heavy atom. The number of nitrogens with zero attached hydrogens (tertiary/aromatic N) is 1. The van der Waals surface area contributed by atoms with Crippen LogP contribution >= 0.6 is 11.6 Å². The van der Waals surface area contributed by atoms with Crippen LogP contribution in [-0.4, -0.2) is 10.4 Å². The van der Waals surface area contributed by atoms with E-state index in [1.807, 2.05) is 0 Å². The normalized spacial score (nSPS) is 9.82. The first-order chi connectivity index (χ1) is 5.11. The van der Waals surface area contributed by atoms with E-state index in [0.29, 0.717) is 5.02 Å². The van der Waals surface area contributed by atoms with Crippen molar-refractivity contribution in [2.45, 2.75) is 6.92 Å². The maximum atomic E-state index is 8.66. The van der Waals surface area contributed by atoms with Crippen LogP contribution in [0.25, 0.3) is 0 Å². The molecule has 0 spiro atoms. The quantitative estimate of drug-likeness (QED) is 0.641. The highest BCUT2D eigenvalue weighted by molar-refractivity contribution is 6.30. The molecule has 0 aromatic heterocycles. The van der Waals surface area contributed by atoms with Crippen LogP contribution in [-0.2, 0) is 0 Å². The van der Waals surface area contributed by atoms with Crippen LogP contribution in [0.1, 0.15) is 5.56 Å². The summed E-state index contributed by atoms with van der Waals surface area (Å²) in [6.45, 7) is 1.76. The molecule has 0 atom stereocenters. The Morgan fingerprint density at radius 3 is 2.45 bits per heavy atom. The highest BCUT2D eigenvalue weighted by Gasteiger charge is 2.03. The predicted molar refractivity (Wildman–Crippen MR) is 42.2 cm³/mol. The fourth-order valence-corrected chi connectivity index (χ4v) is 0.964. The van der Waals surface area contributed by atoms with Gasteiger partial charge in [0.25, 0.3) is 0 Å². The van der Waals surface area contributed by atoms with Crippen LogP contribution in [0.2, 0.25) is 5.02 Å². The highest BCUT2D eigenvalue weighted by atomic mass is 35.5. The maximum Gasteiger partial charge on any atom is 0.0986 e. The van der Waals surface area contributed by atoms with E-state index in [-0.39, 0.29) is 10.9 Å². The second-order valence-corrected chi connectivity index (χ2v) is 2.66. The molecule has 0 aliphatic carbocycles. The van der Waals surface area contributed by atoms with E-state index in [0.717, 1.165) is 5.56 Å². The topological polar surface area (TPSA) is 43.7 Å². The molecule has 0 saturated heterocycles. The Kier molecular flexibility index (Phi) is 2.34. The monoisotopic (exact) mass is 173 g/mol. The number of aryl methyl sites for hydroxylation is 1. The Hall–Kier alpha value is -0.770. The molecule has 0 aliphatic heterocycles. The van der Waals surface area contributed by atoms with Crippen LogP contribution in [0.3, 0.4) is 0 Å². The van der Waals surface area contributed by atoms with E-state index in [1.54, 1.807) is 19.1 Å². The van der Waals surface area contributed by atoms with Crippen molar-refractivity contribution in [1.29, 1.82) is 0 Å². The molecule has 1 rings (SSSR count). The first-order valence-electron chi connectivity index (χ1n) is 3.05. The van der Waals surface area contributed by atoms with Gasteiger partial charge in [-0.05, 0) is 24.6 Å². The molecule has 11 heavy (non-hydrogen) atoms. The van der Waals surface area contributed by atoms with E-state index in [4.69, 9.17) is 22.0 Å². The van der Waals surface area contributed by atoms with Gasteiger partial charge < -0.3 is 0 Å². The molecule has 0 heterocycles. The van der Waals surface area contributed by atoms with E-state index in [2.05, 4.69) is 0 Å². The Balaban J connectivity index is 3.13. The van der Waals surface area contributed by atoms with Crippen LogP contribution in [0.4, 0.5) is 5.69 Å². The lowest BCUT2D eigenvalue weighted by Crippen LogP contribution is -2.12.